The number of rotatable bonds is 3. The first-order chi connectivity index (χ1) is 11.4. The minimum Gasteiger partial charge on any atom is -0.478 e. The van der Waals surface area contributed by atoms with Crippen LogP contribution in [-0.4, -0.2) is 28.1 Å². The molecule has 0 heterocycles. The molecule has 0 aromatic heterocycles. The molecule has 3 aromatic carbocycles. The van der Waals surface area contributed by atoms with Gasteiger partial charge in [0.15, 0.2) is 0 Å². The summed E-state index contributed by atoms with van der Waals surface area (Å²) in [5.41, 5.74) is 0.158. The molecule has 0 saturated carbocycles. The zero-order valence-corrected chi connectivity index (χ0v) is 12.7. The van der Waals surface area contributed by atoms with Crippen molar-refractivity contribution < 1.29 is 24.6 Å². The molecule has 0 unspecified atom stereocenters. The van der Waals surface area contributed by atoms with Crippen LogP contribution in [0.4, 0.5) is 5.69 Å². The van der Waals surface area contributed by atoms with Crippen molar-refractivity contribution in [2.24, 2.45) is 0 Å². The minimum absolute atomic E-state index is 0.0901. The first kappa shape index (κ1) is 15.5. The van der Waals surface area contributed by atoms with E-state index in [2.05, 4.69) is 5.32 Å². The van der Waals surface area contributed by atoms with E-state index in [9.17, 15) is 24.6 Å². The Balaban J connectivity index is 2.58. The number of benzene rings is 3. The van der Waals surface area contributed by atoms with Gasteiger partial charge in [0.25, 0.3) is 0 Å². The molecule has 0 aliphatic carbocycles. The molecule has 1 amide bonds. The summed E-state index contributed by atoms with van der Waals surface area (Å²) in [5, 5.41) is 23.3. The number of hydrogen-bond acceptors (Lipinski definition) is 3. The summed E-state index contributed by atoms with van der Waals surface area (Å²) < 4.78 is 0. The van der Waals surface area contributed by atoms with Gasteiger partial charge in [-0.25, -0.2) is 9.59 Å². The molecule has 24 heavy (non-hydrogen) atoms. The smallest absolute Gasteiger partial charge is 0.336 e. The molecule has 0 fully saturated rings. The van der Waals surface area contributed by atoms with Gasteiger partial charge in [0.1, 0.15) is 0 Å². The summed E-state index contributed by atoms with van der Waals surface area (Å²) in [6.07, 6.45) is 0. The van der Waals surface area contributed by atoms with E-state index in [1.807, 2.05) is 0 Å². The van der Waals surface area contributed by atoms with Crippen LogP contribution in [0.1, 0.15) is 27.6 Å². The summed E-state index contributed by atoms with van der Waals surface area (Å²) in [6, 6.07) is 11.3. The Morgan fingerprint density at radius 2 is 1.62 bits per heavy atom. The standard InChI is InChI=1S/C18H13NO5/c1-9(20)19-14-7-6-12(17(21)22)15-13(14)8-10-4-2-3-5-11(10)16(15)18(23)24/h2-8H,1H3,(H,19,20)(H,21,22)(H,23,24). The van der Waals surface area contributed by atoms with Crippen LogP contribution in [0.25, 0.3) is 21.5 Å². The number of carbonyl (C=O) groups is 3. The number of carboxylic acids is 2. The number of carbonyl (C=O) groups excluding carboxylic acids is 1. The Kier molecular flexibility index (Phi) is 3.65. The second-order valence-corrected chi connectivity index (χ2v) is 5.35. The molecule has 3 rings (SSSR count). The van der Waals surface area contributed by atoms with Crippen molar-refractivity contribution in [1.29, 1.82) is 0 Å². The van der Waals surface area contributed by atoms with Gasteiger partial charge in [-0.1, -0.05) is 24.3 Å². The lowest BCUT2D eigenvalue weighted by Gasteiger charge is -2.14. The zero-order chi connectivity index (χ0) is 17.4. The van der Waals surface area contributed by atoms with E-state index in [1.54, 1.807) is 30.3 Å². The van der Waals surface area contributed by atoms with E-state index in [0.29, 0.717) is 21.8 Å². The van der Waals surface area contributed by atoms with Crippen LogP contribution >= 0.6 is 0 Å². The second-order valence-electron chi connectivity index (χ2n) is 5.35. The van der Waals surface area contributed by atoms with Gasteiger partial charge in [0, 0.05) is 23.4 Å². The van der Waals surface area contributed by atoms with Crippen LogP contribution in [0.15, 0.2) is 42.5 Å². The summed E-state index contributed by atoms with van der Waals surface area (Å²) in [4.78, 5) is 34.9. The zero-order valence-electron chi connectivity index (χ0n) is 12.7. The first-order valence-corrected chi connectivity index (χ1v) is 7.12. The monoisotopic (exact) mass is 323 g/mol. The van der Waals surface area contributed by atoms with Crippen molar-refractivity contribution in [3.05, 3.63) is 53.6 Å². The van der Waals surface area contributed by atoms with E-state index in [4.69, 9.17) is 0 Å². The van der Waals surface area contributed by atoms with E-state index in [1.165, 1.54) is 19.1 Å². The average molecular weight is 323 g/mol. The van der Waals surface area contributed by atoms with E-state index in [0.717, 1.165) is 0 Å². The maximum atomic E-state index is 11.9. The van der Waals surface area contributed by atoms with Gasteiger partial charge in [-0.2, -0.15) is 0 Å². The molecule has 3 aromatic rings. The summed E-state index contributed by atoms with van der Waals surface area (Å²) >= 11 is 0. The predicted octanol–water partition coefficient (Wildman–Crippen LogP) is 3.35. The number of hydrogen-bond donors (Lipinski definition) is 3. The second kappa shape index (κ2) is 5.66. The number of aromatic carboxylic acids is 2. The number of amides is 1. The molecule has 120 valence electrons. The maximum Gasteiger partial charge on any atom is 0.336 e. The SMILES string of the molecule is CC(=O)Nc1ccc(C(=O)O)c2c(C(=O)O)c3ccccc3cc12. The number of anilines is 1. The van der Waals surface area contributed by atoms with Gasteiger partial charge in [0.2, 0.25) is 5.91 Å². The van der Waals surface area contributed by atoms with Gasteiger partial charge in [0.05, 0.1) is 11.1 Å². The average Bonchev–Trinajstić information content (AvgIpc) is 2.52. The Morgan fingerprint density at radius 1 is 0.917 bits per heavy atom. The molecule has 0 radical (unpaired) electrons. The normalized spacial score (nSPS) is 10.7. The van der Waals surface area contributed by atoms with E-state index in [-0.39, 0.29) is 22.4 Å². The van der Waals surface area contributed by atoms with Crippen molar-refractivity contribution in [3.8, 4) is 0 Å². The Hall–Kier alpha value is -3.41. The fraction of sp³-hybridized carbons (Fsp3) is 0.0556. The summed E-state index contributed by atoms with van der Waals surface area (Å²) in [6.45, 7) is 1.33. The third kappa shape index (κ3) is 2.44. The predicted molar refractivity (Wildman–Crippen MR) is 89.7 cm³/mol. The molecule has 6 heteroatoms. The largest absolute Gasteiger partial charge is 0.478 e. The third-order valence-corrected chi connectivity index (χ3v) is 3.78. The Bertz CT molecular complexity index is 1020. The fourth-order valence-corrected chi connectivity index (χ4v) is 2.88. The molecule has 0 bridgehead atoms. The molecule has 0 saturated heterocycles. The van der Waals surface area contributed by atoms with Crippen molar-refractivity contribution in [2.75, 3.05) is 5.32 Å². The molecule has 0 aliphatic heterocycles. The van der Waals surface area contributed by atoms with E-state index >= 15 is 0 Å². The maximum absolute atomic E-state index is 11.9. The summed E-state index contributed by atoms with van der Waals surface area (Å²) in [5.74, 6) is -2.78. The lowest BCUT2D eigenvalue weighted by Crippen LogP contribution is -2.10. The van der Waals surface area contributed by atoms with Crippen LogP contribution in [0.3, 0.4) is 0 Å². The van der Waals surface area contributed by atoms with Crippen molar-refractivity contribution in [3.63, 3.8) is 0 Å². The van der Waals surface area contributed by atoms with Crippen LogP contribution in [0.2, 0.25) is 0 Å². The highest BCUT2D eigenvalue weighted by atomic mass is 16.4. The molecule has 0 spiro atoms. The quantitative estimate of drug-likeness (QED) is 0.641. The van der Waals surface area contributed by atoms with E-state index < -0.39 is 11.9 Å². The van der Waals surface area contributed by atoms with Gasteiger partial charge >= 0.3 is 11.9 Å². The first-order valence-electron chi connectivity index (χ1n) is 7.12. The van der Waals surface area contributed by atoms with Crippen LogP contribution in [0, 0.1) is 0 Å². The van der Waals surface area contributed by atoms with Crippen molar-refractivity contribution in [2.45, 2.75) is 6.92 Å². The van der Waals surface area contributed by atoms with Crippen molar-refractivity contribution in [1.82, 2.24) is 0 Å². The Morgan fingerprint density at radius 3 is 2.25 bits per heavy atom. The highest BCUT2D eigenvalue weighted by molar-refractivity contribution is 6.23. The fourth-order valence-electron chi connectivity index (χ4n) is 2.88. The molecule has 6 nitrogen and oxygen atoms in total. The van der Waals surface area contributed by atoms with Crippen molar-refractivity contribution >= 4 is 45.1 Å². The van der Waals surface area contributed by atoms with Crippen LogP contribution < -0.4 is 5.32 Å². The molecule has 0 aliphatic rings. The lowest BCUT2D eigenvalue weighted by atomic mass is 9.92. The lowest BCUT2D eigenvalue weighted by molar-refractivity contribution is -0.114. The number of carboxylic acid groups (broad SMARTS) is 2. The number of nitrogens with one attached hydrogen (secondary N) is 1. The molecule has 0 atom stereocenters. The van der Waals surface area contributed by atoms with Gasteiger partial charge < -0.3 is 15.5 Å². The molecule has 3 N–H and O–H groups in total. The molecular weight excluding hydrogens is 310 g/mol. The molecular formula is C18H13NO5. The minimum atomic E-state index is -1.23. The van der Waals surface area contributed by atoms with Gasteiger partial charge in [-0.05, 0) is 29.0 Å². The van der Waals surface area contributed by atoms with Gasteiger partial charge in [-0.15, -0.1) is 0 Å². The van der Waals surface area contributed by atoms with Crippen LogP contribution in [-0.2, 0) is 4.79 Å². The Labute approximate surface area is 136 Å². The summed E-state index contributed by atoms with van der Waals surface area (Å²) in [7, 11) is 0. The highest BCUT2D eigenvalue weighted by Gasteiger charge is 2.21. The highest BCUT2D eigenvalue weighted by Crippen LogP contribution is 2.35. The third-order valence-electron chi connectivity index (χ3n) is 3.78. The van der Waals surface area contributed by atoms with Crippen LogP contribution in [0.5, 0.6) is 0 Å². The van der Waals surface area contributed by atoms with Gasteiger partial charge in [-0.3, -0.25) is 4.79 Å². The topological polar surface area (TPSA) is 104 Å². The number of fused-ring (bicyclic) bond motifs is 2.